The van der Waals surface area contributed by atoms with E-state index in [0.717, 1.165) is 38.8 Å². The molecule has 1 aromatic carbocycles. The molecule has 0 bridgehead atoms. The molecule has 138 valence electrons. The number of rotatable bonds is 4. The zero-order valence-electron chi connectivity index (χ0n) is 15.1. The number of nitrogens with zero attached hydrogens (tertiary/aromatic N) is 1. The number of hydrogen-bond donors (Lipinski definition) is 1. The van der Waals surface area contributed by atoms with E-state index < -0.39 is 0 Å². The van der Waals surface area contributed by atoms with Crippen LogP contribution in [0.15, 0.2) is 30.3 Å². The lowest BCUT2D eigenvalue weighted by Crippen LogP contribution is -2.44. The maximum Gasteiger partial charge on any atom is 0.296 e. The highest BCUT2D eigenvalue weighted by Gasteiger charge is 2.23. The van der Waals surface area contributed by atoms with E-state index in [4.69, 9.17) is 4.74 Å². The van der Waals surface area contributed by atoms with Gasteiger partial charge in [0.15, 0.2) is 0 Å². The number of nitrogens with one attached hydrogen (secondary N) is 1. The van der Waals surface area contributed by atoms with Crippen molar-refractivity contribution < 1.29 is 14.3 Å². The third-order valence-electron chi connectivity index (χ3n) is 5.05. The van der Waals surface area contributed by atoms with Crippen LogP contribution < -0.4 is 5.32 Å². The van der Waals surface area contributed by atoms with Crippen molar-refractivity contribution in [1.82, 2.24) is 10.2 Å². The van der Waals surface area contributed by atoms with E-state index in [1.165, 1.54) is 5.56 Å². The van der Waals surface area contributed by atoms with Crippen LogP contribution >= 0.6 is 0 Å². The predicted molar refractivity (Wildman–Crippen MR) is 99.2 cm³/mol. The van der Waals surface area contributed by atoms with Crippen LogP contribution in [0, 0.1) is 23.7 Å². The molecule has 2 saturated heterocycles. The van der Waals surface area contributed by atoms with Crippen molar-refractivity contribution in [3.8, 4) is 11.8 Å². The van der Waals surface area contributed by atoms with Gasteiger partial charge in [0, 0.05) is 25.6 Å². The molecule has 3 rings (SSSR count). The van der Waals surface area contributed by atoms with E-state index >= 15 is 0 Å². The molecule has 0 radical (unpaired) electrons. The number of carbonyl (C=O) groups excluding carboxylic acids is 2. The Morgan fingerprint density at radius 1 is 1.15 bits per heavy atom. The van der Waals surface area contributed by atoms with Crippen molar-refractivity contribution in [1.29, 1.82) is 0 Å². The van der Waals surface area contributed by atoms with Gasteiger partial charge >= 0.3 is 0 Å². The average Bonchev–Trinajstić information content (AvgIpc) is 3.19. The molecule has 2 amide bonds. The molecule has 1 N–H and O–H groups in total. The van der Waals surface area contributed by atoms with Gasteiger partial charge in [-0.3, -0.25) is 9.59 Å². The topological polar surface area (TPSA) is 58.6 Å². The third kappa shape index (κ3) is 5.60. The summed E-state index contributed by atoms with van der Waals surface area (Å²) in [6, 6.07) is 10.5. The molecule has 2 heterocycles. The van der Waals surface area contributed by atoms with Crippen LogP contribution in [0.25, 0.3) is 0 Å². The van der Waals surface area contributed by atoms with Crippen molar-refractivity contribution in [3.05, 3.63) is 35.9 Å². The van der Waals surface area contributed by atoms with Crippen LogP contribution in [0.1, 0.15) is 24.8 Å². The Hall–Kier alpha value is -2.32. The van der Waals surface area contributed by atoms with E-state index in [1.807, 2.05) is 11.0 Å². The van der Waals surface area contributed by atoms with Crippen molar-refractivity contribution in [2.75, 3.05) is 32.8 Å². The molecule has 0 spiro atoms. The van der Waals surface area contributed by atoms with E-state index in [9.17, 15) is 9.59 Å². The fourth-order valence-electron chi connectivity index (χ4n) is 3.46. The van der Waals surface area contributed by atoms with Gasteiger partial charge in [0.25, 0.3) is 5.91 Å². The van der Waals surface area contributed by atoms with Gasteiger partial charge in [-0.15, -0.1) is 0 Å². The Labute approximate surface area is 155 Å². The maximum atomic E-state index is 12.3. The first-order chi connectivity index (χ1) is 12.7. The van der Waals surface area contributed by atoms with Gasteiger partial charge in [-0.05, 0) is 43.1 Å². The Morgan fingerprint density at radius 3 is 2.62 bits per heavy atom. The molecule has 1 atom stereocenters. The lowest BCUT2D eigenvalue weighted by atomic mass is 9.90. The molecule has 5 nitrogen and oxygen atoms in total. The van der Waals surface area contributed by atoms with Crippen LogP contribution in [0.4, 0.5) is 0 Å². The quantitative estimate of drug-likeness (QED) is 0.836. The second kappa shape index (κ2) is 9.40. The molecular weight excluding hydrogens is 328 g/mol. The molecule has 2 aliphatic rings. The maximum absolute atomic E-state index is 12.3. The summed E-state index contributed by atoms with van der Waals surface area (Å²) in [5.74, 6) is 5.82. The molecule has 0 aromatic heterocycles. The number of likely N-dealkylation sites (tertiary alicyclic amines) is 1. The van der Waals surface area contributed by atoms with Crippen LogP contribution in [0.2, 0.25) is 0 Å². The lowest BCUT2D eigenvalue weighted by Gasteiger charge is -2.32. The largest absolute Gasteiger partial charge is 0.380 e. The van der Waals surface area contributed by atoms with Gasteiger partial charge < -0.3 is 15.0 Å². The van der Waals surface area contributed by atoms with Gasteiger partial charge in [-0.2, -0.15) is 0 Å². The number of amides is 2. The summed E-state index contributed by atoms with van der Waals surface area (Å²) in [5, 5.41) is 2.61. The molecule has 2 aliphatic heterocycles. The highest BCUT2D eigenvalue weighted by atomic mass is 16.5. The Kier molecular flexibility index (Phi) is 6.68. The zero-order valence-corrected chi connectivity index (χ0v) is 15.1. The highest BCUT2D eigenvalue weighted by molar-refractivity contribution is 5.95. The summed E-state index contributed by atoms with van der Waals surface area (Å²) in [4.78, 5) is 25.9. The average molecular weight is 354 g/mol. The normalized spacial score (nSPS) is 20.3. The van der Waals surface area contributed by atoms with Gasteiger partial charge in [0.1, 0.15) is 0 Å². The van der Waals surface area contributed by atoms with E-state index in [2.05, 4.69) is 41.4 Å². The molecular formula is C21H26N2O3. The van der Waals surface area contributed by atoms with Crippen LogP contribution in [0.3, 0.4) is 0 Å². The first-order valence-corrected chi connectivity index (χ1v) is 9.39. The van der Waals surface area contributed by atoms with E-state index in [0.29, 0.717) is 19.1 Å². The second-order valence-electron chi connectivity index (χ2n) is 7.03. The third-order valence-corrected chi connectivity index (χ3v) is 5.05. The van der Waals surface area contributed by atoms with Crippen LogP contribution in [-0.2, 0) is 20.7 Å². The number of hydrogen-bond acceptors (Lipinski definition) is 3. The zero-order chi connectivity index (χ0) is 18.2. The molecule has 2 fully saturated rings. The van der Waals surface area contributed by atoms with Crippen molar-refractivity contribution in [2.24, 2.45) is 11.8 Å². The minimum absolute atomic E-state index is 0.0255. The fraction of sp³-hybridized carbons (Fsp3) is 0.524. The molecule has 0 saturated carbocycles. The molecule has 5 heteroatoms. The van der Waals surface area contributed by atoms with E-state index in [-0.39, 0.29) is 24.3 Å². The summed E-state index contributed by atoms with van der Waals surface area (Å²) in [6.07, 6.45) is 3.96. The smallest absolute Gasteiger partial charge is 0.296 e. The first kappa shape index (κ1) is 18.5. The monoisotopic (exact) mass is 354 g/mol. The standard InChI is InChI=1S/C21H26N2O3/c24-20(7-6-19-10-13-26-16-19)22-15-21(25)23-11-8-18(9-12-23)14-17-4-2-1-3-5-17/h1-5,18-19H,8-16H2,(H,22,24)/t19-/m0/s1. The predicted octanol–water partition coefficient (Wildman–Crippen LogP) is 1.62. The van der Waals surface area contributed by atoms with Crippen molar-refractivity contribution in [2.45, 2.75) is 25.7 Å². The lowest BCUT2D eigenvalue weighted by molar-refractivity contribution is -0.133. The summed E-state index contributed by atoms with van der Waals surface area (Å²) >= 11 is 0. The van der Waals surface area contributed by atoms with Crippen LogP contribution in [0.5, 0.6) is 0 Å². The van der Waals surface area contributed by atoms with Gasteiger partial charge in [-0.25, -0.2) is 0 Å². The van der Waals surface area contributed by atoms with Crippen LogP contribution in [-0.4, -0.2) is 49.6 Å². The minimum atomic E-state index is -0.385. The van der Waals surface area contributed by atoms with Gasteiger partial charge in [0.05, 0.1) is 13.2 Å². The Bertz CT molecular complexity index is 663. The fourth-order valence-corrected chi connectivity index (χ4v) is 3.46. The molecule has 1 aromatic rings. The van der Waals surface area contributed by atoms with Gasteiger partial charge in [0.2, 0.25) is 5.91 Å². The molecule has 0 unspecified atom stereocenters. The van der Waals surface area contributed by atoms with Crippen molar-refractivity contribution in [3.63, 3.8) is 0 Å². The van der Waals surface area contributed by atoms with Crippen molar-refractivity contribution >= 4 is 11.8 Å². The van der Waals surface area contributed by atoms with Gasteiger partial charge in [-0.1, -0.05) is 36.3 Å². The Morgan fingerprint density at radius 2 is 1.92 bits per heavy atom. The number of ether oxygens (including phenoxy) is 1. The summed E-state index contributed by atoms with van der Waals surface area (Å²) < 4.78 is 5.22. The molecule has 26 heavy (non-hydrogen) atoms. The summed E-state index contributed by atoms with van der Waals surface area (Å²) in [5.41, 5.74) is 1.36. The highest BCUT2D eigenvalue weighted by Crippen LogP contribution is 2.21. The number of carbonyl (C=O) groups is 2. The Balaban J connectivity index is 1.36. The molecule has 0 aliphatic carbocycles. The summed E-state index contributed by atoms with van der Waals surface area (Å²) in [7, 11) is 0. The first-order valence-electron chi connectivity index (χ1n) is 9.39. The SMILES string of the molecule is O=C(C#C[C@H]1CCOC1)NCC(=O)N1CCC(Cc2ccccc2)CC1. The summed E-state index contributed by atoms with van der Waals surface area (Å²) in [6.45, 7) is 2.85. The second-order valence-corrected chi connectivity index (χ2v) is 7.03. The number of benzene rings is 1. The minimum Gasteiger partial charge on any atom is -0.380 e. The van der Waals surface area contributed by atoms with E-state index in [1.54, 1.807) is 0 Å². The number of piperidine rings is 1.